The van der Waals surface area contributed by atoms with E-state index in [1.165, 1.54) is 67.7 Å². The number of nitrogens with zero attached hydrogens (tertiary/aromatic N) is 8. The number of hydrogen-bond donors (Lipinski definition) is 0. The Labute approximate surface area is 404 Å². The Balaban J connectivity index is 0.000000196. The van der Waals surface area contributed by atoms with Gasteiger partial charge in [-0.25, -0.2) is 35.6 Å². The molecule has 348 valence electrons. The molecule has 4 heterocycles. The van der Waals surface area contributed by atoms with Crippen LogP contribution >= 0.6 is 69.1 Å². The van der Waals surface area contributed by atoms with Gasteiger partial charge < -0.3 is 9.80 Å². The van der Waals surface area contributed by atoms with Crippen molar-refractivity contribution in [2.24, 2.45) is 0 Å². The number of nitro groups is 2. The summed E-state index contributed by atoms with van der Waals surface area (Å²) in [6.45, 7) is 2.45. The number of benzene rings is 4. The number of rotatable bonds is 12. The average molecular weight is 1060 g/mol. The molecular weight excluding hydrogens is 1030 g/mol. The molecule has 4 aromatic carbocycles. The molecule has 0 aliphatic carbocycles. The molecule has 0 atom stereocenters. The van der Waals surface area contributed by atoms with Gasteiger partial charge in [0.2, 0.25) is 20.0 Å². The molecule has 6 aromatic rings. The summed E-state index contributed by atoms with van der Waals surface area (Å²) in [5.74, 6) is -1.30. The van der Waals surface area contributed by atoms with Crippen molar-refractivity contribution in [1.29, 1.82) is 0 Å². The molecule has 66 heavy (non-hydrogen) atoms. The normalized spacial score (nSPS) is 15.1. The van der Waals surface area contributed by atoms with Crippen LogP contribution in [0.4, 0.5) is 30.4 Å². The van der Waals surface area contributed by atoms with Crippen molar-refractivity contribution < 1.29 is 35.5 Å². The summed E-state index contributed by atoms with van der Waals surface area (Å²) >= 11 is 26.6. The Bertz CT molecular complexity index is 2780. The van der Waals surface area contributed by atoms with Gasteiger partial charge in [-0.15, -0.1) is 22.7 Å². The molecule has 0 spiro atoms. The number of halogens is 6. The predicted molar refractivity (Wildman–Crippen MR) is 251 cm³/mol. The van der Waals surface area contributed by atoms with Crippen LogP contribution in [0.3, 0.4) is 0 Å². The van der Waals surface area contributed by atoms with Gasteiger partial charge in [0.1, 0.15) is 21.7 Å². The first kappa shape index (κ1) is 49.3. The van der Waals surface area contributed by atoms with Gasteiger partial charge in [-0.3, -0.25) is 20.2 Å². The largest absolute Gasteiger partial charge is 0.345 e. The highest BCUT2D eigenvalue weighted by Crippen LogP contribution is 2.32. The zero-order valence-corrected chi connectivity index (χ0v) is 40.2. The van der Waals surface area contributed by atoms with Crippen molar-refractivity contribution in [3.63, 3.8) is 0 Å². The van der Waals surface area contributed by atoms with Gasteiger partial charge in [-0.05, 0) is 65.7 Å². The smallest absolute Gasteiger partial charge is 0.289 e. The van der Waals surface area contributed by atoms with Crippen molar-refractivity contribution in [1.82, 2.24) is 18.6 Å². The second-order valence-corrected chi connectivity index (χ2v) is 21.9. The molecule has 0 amide bonds. The zero-order chi connectivity index (χ0) is 47.5. The summed E-state index contributed by atoms with van der Waals surface area (Å²) in [7, 11) is -7.81. The fraction of sp³-hybridized carbons (Fsp3) is 0.250. The van der Waals surface area contributed by atoms with E-state index in [2.05, 4.69) is 9.97 Å². The van der Waals surface area contributed by atoms with Crippen LogP contribution < -0.4 is 9.80 Å². The fourth-order valence-corrected chi connectivity index (χ4v) is 12.6. The molecule has 2 aliphatic rings. The topological polar surface area (TPSA) is 193 Å². The first-order valence-corrected chi connectivity index (χ1v) is 25.6. The Morgan fingerprint density at radius 3 is 1.32 bits per heavy atom. The predicted octanol–water partition coefficient (Wildman–Crippen LogP) is 9.20. The minimum Gasteiger partial charge on any atom is -0.345 e. The van der Waals surface area contributed by atoms with E-state index in [0.29, 0.717) is 59.0 Å². The molecule has 2 fully saturated rings. The van der Waals surface area contributed by atoms with Gasteiger partial charge in [-0.2, -0.15) is 8.61 Å². The molecule has 2 aliphatic heterocycles. The van der Waals surface area contributed by atoms with Gasteiger partial charge in [0.25, 0.3) is 11.4 Å². The van der Waals surface area contributed by atoms with Crippen molar-refractivity contribution >= 4 is 111 Å². The highest BCUT2D eigenvalue weighted by molar-refractivity contribution is 7.89. The lowest BCUT2D eigenvalue weighted by Gasteiger charge is -2.33. The maximum atomic E-state index is 13.4. The SMILES string of the molecule is O=[N+]([O-])c1cc(S(=O)(=O)N2CCN(c3nc(Cc4cc(Cl)cc(Cl)c4)cs3)CC2)ccc1Cl.O=[N+]([O-])c1cc(S(=O)(=O)N2CCN(c3nc(Cc4cc(F)cc(F)c4)cs3)CC2)ccc1Cl. The summed E-state index contributed by atoms with van der Waals surface area (Å²) in [6.07, 6.45) is 0.856. The molecule has 16 nitrogen and oxygen atoms in total. The van der Waals surface area contributed by atoms with E-state index in [1.54, 1.807) is 11.4 Å². The quantitative estimate of drug-likeness (QED) is 0.0835. The molecule has 0 saturated carbocycles. The molecule has 0 unspecified atom stereocenters. The summed E-state index contributed by atoms with van der Waals surface area (Å²) in [4.78, 5) is 33.6. The summed E-state index contributed by atoms with van der Waals surface area (Å²) in [5.41, 5.74) is 2.05. The Hall–Kier alpha value is -4.62. The lowest BCUT2D eigenvalue weighted by Crippen LogP contribution is -2.48. The third-order valence-corrected chi connectivity index (χ3v) is 17.0. The molecule has 0 bridgehead atoms. The first-order valence-electron chi connectivity index (χ1n) is 19.4. The van der Waals surface area contributed by atoms with Gasteiger partial charge in [0.15, 0.2) is 10.3 Å². The fourth-order valence-electron chi connectivity index (χ4n) is 7.01. The van der Waals surface area contributed by atoms with Gasteiger partial charge in [0, 0.05) is 104 Å². The van der Waals surface area contributed by atoms with E-state index in [9.17, 15) is 45.8 Å². The number of hydrogen-bond acceptors (Lipinski definition) is 14. The number of thiazole rings is 2. The lowest BCUT2D eigenvalue weighted by atomic mass is 10.1. The van der Waals surface area contributed by atoms with Crippen LogP contribution in [-0.4, -0.2) is 97.6 Å². The standard InChI is InChI=1S/C20H17Cl3N4O4S2.C20H17ClF2N4O4S2/c21-14-7-13(8-15(22)10-14)9-16-12-32-20(24-16)25-3-5-26(6-4-25)33(30,31)17-1-2-18(23)19(11-17)27(28)29;21-18-2-1-17(11-19(18)27(28)29)33(30,31)26-5-3-25(4-6-26)20-24-16(12-32-20)9-13-7-14(22)10-15(23)8-13/h2*1-2,7-8,10-12H,3-6,9H2. The maximum Gasteiger partial charge on any atom is 0.289 e. The van der Waals surface area contributed by atoms with E-state index < -0.39 is 52.9 Å². The third kappa shape index (κ3) is 11.7. The molecule has 26 heteroatoms. The lowest BCUT2D eigenvalue weighted by molar-refractivity contribution is -0.385. The molecular formula is C40H34Cl4F2N8O8S4. The second-order valence-electron chi connectivity index (χ2n) is 14.7. The zero-order valence-electron chi connectivity index (χ0n) is 33.9. The number of piperazine rings is 2. The van der Waals surface area contributed by atoms with Crippen LogP contribution in [0.2, 0.25) is 20.1 Å². The number of nitro benzene ring substituents is 2. The van der Waals surface area contributed by atoms with Crippen molar-refractivity contribution in [2.45, 2.75) is 22.6 Å². The number of anilines is 2. The molecule has 0 N–H and O–H groups in total. The second kappa shape index (κ2) is 20.7. The third-order valence-electron chi connectivity index (χ3n) is 10.2. The van der Waals surface area contributed by atoms with Crippen LogP contribution in [0.5, 0.6) is 0 Å². The Morgan fingerprint density at radius 2 is 0.939 bits per heavy atom. The highest BCUT2D eigenvalue weighted by atomic mass is 35.5. The highest BCUT2D eigenvalue weighted by Gasteiger charge is 2.33. The van der Waals surface area contributed by atoms with E-state index in [-0.39, 0.29) is 52.4 Å². The van der Waals surface area contributed by atoms with Crippen molar-refractivity contribution in [2.75, 3.05) is 62.2 Å². The monoisotopic (exact) mass is 1060 g/mol. The van der Waals surface area contributed by atoms with Crippen molar-refractivity contribution in [3.05, 3.63) is 158 Å². The number of sulfonamides is 2. The summed E-state index contributed by atoms with van der Waals surface area (Å²) in [6, 6.07) is 15.6. The maximum absolute atomic E-state index is 13.4. The van der Waals surface area contributed by atoms with E-state index in [1.807, 2.05) is 27.3 Å². The van der Waals surface area contributed by atoms with Crippen LogP contribution in [-0.2, 0) is 32.9 Å². The van der Waals surface area contributed by atoms with Gasteiger partial charge in [0.05, 0.1) is 31.0 Å². The van der Waals surface area contributed by atoms with Gasteiger partial charge in [-0.1, -0.05) is 46.4 Å². The van der Waals surface area contributed by atoms with Crippen LogP contribution in [0.15, 0.2) is 93.3 Å². The average Bonchev–Trinajstić information content (AvgIpc) is 3.93. The van der Waals surface area contributed by atoms with Crippen LogP contribution in [0.25, 0.3) is 0 Å². The molecule has 2 saturated heterocycles. The Kier molecular flexibility index (Phi) is 15.5. The van der Waals surface area contributed by atoms with Crippen molar-refractivity contribution in [3.8, 4) is 0 Å². The van der Waals surface area contributed by atoms with E-state index >= 15 is 0 Å². The van der Waals surface area contributed by atoms with E-state index in [4.69, 9.17) is 46.4 Å². The first-order chi connectivity index (χ1) is 31.3. The molecule has 0 radical (unpaired) electrons. The summed E-state index contributed by atoms with van der Waals surface area (Å²) < 4.78 is 81.3. The molecule has 8 rings (SSSR count). The van der Waals surface area contributed by atoms with Gasteiger partial charge >= 0.3 is 0 Å². The minimum absolute atomic E-state index is 0.108. The van der Waals surface area contributed by atoms with Crippen LogP contribution in [0, 0.1) is 31.9 Å². The van der Waals surface area contributed by atoms with Crippen LogP contribution in [0.1, 0.15) is 22.5 Å². The Morgan fingerprint density at radius 1 is 0.561 bits per heavy atom. The number of aromatic nitrogens is 2. The summed E-state index contributed by atoms with van der Waals surface area (Å²) in [5, 5.41) is 28.3. The molecule has 2 aromatic heterocycles. The van der Waals surface area contributed by atoms with E-state index in [0.717, 1.165) is 34.6 Å². The minimum atomic E-state index is -3.93.